The summed E-state index contributed by atoms with van der Waals surface area (Å²) in [6, 6.07) is 6.23. The van der Waals surface area contributed by atoms with Crippen LogP contribution in [-0.2, 0) is 11.3 Å². The first-order valence-corrected chi connectivity index (χ1v) is 6.44. The van der Waals surface area contributed by atoms with Crippen LogP contribution in [0.3, 0.4) is 0 Å². The third-order valence-corrected chi connectivity index (χ3v) is 3.54. The molecule has 1 fully saturated rings. The summed E-state index contributed by atoms with van der Waals surface area (Å²) in [4.78, 5) is 2.43. The van der Waals surface area contributed by atoms with Crippen molar-refractivity contribution >= 4 is 17.3 Å². The number of halogens is 1. The number of ether oxygens (including phenoxy) is 1. The first-order chi connectivity index (χ1) is 8.20. The zero-order valence-corrected chi connectivity index (χ0v) is 10.9. The number of hydrogen-bond acceptors (Lipinski definition) is 3. The highest BCUT2D eigenvalue weighted by Crippen LogP contribution is 2.21. The maximum Gasteiger partial charge on any atom is 0.0622 e. The molecule has 0 spiro atoms. The van der Waals surface area contributed by atoms with Gasteiger partial charge in [0.2, 0.25) is 0 Å². The van der Waals surface area contributed by atoms with Crippen molar-refractivity contribution in [2.24, 2.45) is 0 Å². The van der Waals surface area contributed by atoms with Crippen molar-refractivity contribution in [3.8, 4) is 0 Å². The van der Waals surface area contributed by atoms with Gasteiger partial charge in [0, 0.05) is 29.8 Å². The van der Waals surface area contributed by atoms with Crippen LogP contribution >= 0.6 is 11.6 Å². The van der Waals surface area contributed by atoms with Gasteiger partial charge in [-0.05, 0) is 24.1 Å². The average molecular weight is 255 g/mol. The van der Waals surface area contributed by atoms with Crippen LogP contribution in [0.5, 0.6) is 0 Å². The molecule has 4 heteroatoms. The Kier molecular flexibility index (Phi) is 4.26. The number of nitrogen functional groups attached to an aromatic ring is 1. The van der Waals surface area contributed by atoms with Crippen LogP contribution in [0.1, 0.15) is 18.9 Å². The summed E-state index contributed by atoms with van der Waals surface area (Å²) in [6.45, 7) is 5.68. The molecule has 0 radical (unpaired) electrons. The normalized spacial score (nSPS) is 21.6. The standard InChI is InChI=1S/C13H19ClN2O/c1-2-12-9-17-6-5-16(12)8-10-3-4-11(14)7-13(10)15/h3-4,7,12H,2,5-6,8-9,15H2,1H3. The van der Waals surface area contributed by atoms with E-state index in [0.29, 0.717) is 11.1 Å². The zero-order chi connectivity index (χ0) is 12.3. The van der Waals surface area contributed by atoms with Crippen LogP contribution in [0.15, 0.2) is 18.2 Å². The molecule has 2 N–H and O–H groups in total. The van der Waals surface area contributed by atoms with Gasteiger partial charge in [-0.2, -0.15) is 0 Å². The molecule has 1 aromatic rings. The number of morpholine rings is 1. The van der Waals surface area contributed by atoms with Crippen LogP contribution in [-0.4, -0.2) is 30.7 Å². The summed E-state index contributed by atoms with van der Waals surface area (Å²) in [5.74, 6) is 0. The highest BCUT2D eigenvalue weighted by atomic mass is 35.5. The molecule has 1 aliphatic heterocycles. The van der Waals surface area contributed by atoms with E-state index in [1.54, 1.807) is 0 Å². The van der Waals surface area contributed by atoms with Gasteiger partial charge < -0.3 is 10.5 Å². The lowest BCUT2D eigenvalue weighted by molar-refractivity contribution is -0.0126. The summed E-state index contributed by atoms with van der Waals surface area (Å²) in [6.07, 6.45) is 1.10. The highest BCUT2D eigenvalue weighted by Gasteiger charge is 2.21. The minimum absolute atomic E-state index is 0.499. The van der Waals surface area contributed by atoms with Crippen molar-refractivity contribution in [3.05, 3.63) is 28.8 Å². The van der Waals surface area contributed by atoms with Crippen molar-refractivity contribution in [1.29, 1.82) is 0 Å². The van der Waals surface area contributed by atoms with E-state index in [0.717, 1.165) is 44.0 Å². The molecule has 1 saturated heterocycles. The number of nitrogens with two attached hydrogens (primary N) is 1. The Labute approximate surface area is 107 Å². The summed E-state index contributed by atoms with van der Waals surface area (Å²) in [5, 5.41) is 0.695. The fourth-order valence-electron chi connectivity index (χ4n) is 2.20. The average Bonchev–Trinajstić information content (AvgIpc) is 2.33. The summed E-state index contributed by atoms with van der Waals surface area (Å²) < 4.78 is 5.50. The minimum atomic E-state index is 0.499. The Morgan fingerprint density at radius 3 is 3.06 bits per heavy atom. The van der Waals surface area contributed by atoms with Crippen LogP contribution in [0.4, 0.5) is 5.69 Å². The zero-order valence-electron chi connectivity index (χ0n) is 10.2. The van der Waals surface area contributed by atoms with E-state index in [-0.39, 0.29) is 0 Å². The first kappa shape index (κ1) is 12.7. The number of anilines is 1. The first-order valence-electron chi connectivity index (χ1n) is 6.06. The highest BCUT2D eigenvalue weighted by molar-refractivity contribution is 6.30. The Bertz CT molecular complexity index is 384. The fourth-order valence-corrected chi connectivity index (χ4v) is 2.38. The molecule has 1 heterocycles. The van der Waals surface area contributed by atoms with Gasteiger partial charge in [-0.15, -0.1) is 0 Å². The minimum Gasteiger partial charge on any atom is -0.398 e. The molecular formula is C13H19ClN2O. The predicted molar refractivity (Wildman–Crippen MR) is 71.2 cm³/mol. The quantitative estimate of drug-likeness (QED) is 0.843. The second-order valence-corrected chi connectivity index (χ2v) is 4.89. The van der Waals surface area contributed by atoms with Gasteiger partial charge in [0.15, 0.2) is 0 Å². The molecular weight excluding hydrogens is 236 g/mol. The van der Waals surface area contributed by atoms with Crippen molar-refractivity contribution in [3.63, 3.8) is 0 Å². The van der Waals surface area contributed by atoms with Crippen molar-refractivity contribution in [2.75, 3.05) is 25.5 Å². The molecule has 0 aliphatic carbocycles. The third-order valence-electron chi connectivity index (χ3n) is 3.30. The molecule has 0 amide bonds. The topological polar surface area (TPSA) is 38.5 Å². The van der Waals surface area contributed by atoms with Gasteiger partial charge in [0.1, 0.15) is 0 Å². The fraction of sp³-hybridized carbons (Fsp3) is 0.538. The largest absolute Gasteiger partial charge is 0.398 e. The number of rotatable bonds is 3. The third kappa shape index (κ3) is 3.12. The van der Waals surface area contributed by atoms with E-state index in [1.807, 2.05) is 18.2 Å². The van der Waals surface area contributed by atoms with Gasteiger partial charge in [0.25, 0.3) is 0 Å². The van der Waals surface area contributed by atoms with Crippen LogP contribution in [0.25, 0.3) is 0 Å². The lowest BCUT2D eigenvalue weighted by atomic mass is 10.1. The van der Waals surface area contributed by atoms with Gasteiger partial charge in [-0.25, -0.2) is 0 Å². The molecule has 3 nitrogen and oxygen atoms in total. The lowest BCUT2D eigenvalue weighted by Gasteiger charge is -2.35. The molecule has 2 rings (SSSR count). The van der Waals surface area contributed by atoms with E-state index >= 15 is 0 Å². The van der Waals surface area contributed by atoms with Crippen LogP contribution in [0, 0.1) is 0 Å². The Balaban J connectivity index is 2.08. The lowest BCUT2D eigenvalue weighted by Crippen LogP contribution is -2.44. The van der Waals surface area contributed by atoms with Crippen LogP contribution in [0.2, 0.25) is 5.02 Å². The summed E-state index contributed by atoms with van der Waals surface area (Å²) in [7, 11) is 0. The maximum atomic E-state index is 5.98. The van der Waals surface area contributed by atoms with Gasteiger partial charge >= 0.3 is 0 Å². The van der Waals surface area contributed by atoms with Gasteiger partial charge in [0.05, 0.1) is 13.2 Å². The molecule has 0 bridgehead atoms. The Morgan fingerprint density at radius 1 is 1.53 bits per heavy atom. The summed E-state index contributed by atoms with van der Waals surface area (Å²) in [5.41, 5.74) is 7.91. The predicted octanol–water partition coefficient (Wildman–Crippen LogP) is 2.53. The molecule has 0 saturated carbocycles. The van der Waals surface area contributed by atoms with Crippen molar-refractivity contribution in [1.82, 2.24) is 4.90 Å². The second kappa shape index (κ2) is 5.71. The second-order valence-electron chi connectivity index (χ2n) is 4.45. The Hall–Kier alpha value is -0.770. The van der Waals surface area contributed by atoms with E-state index < -0.39 is 0 Å². The molecule has 0 aromatic heterocycles. The van der Waals surface area contributed by atoms with Crippen molar-refractivity contribution in [2.45, 2.75) is 25.9 Å². The van der Waals surface area contributed by atoms with E-state index in [9.17, 15) is 0 Å². The van der Waals surface area contributed by atoms with E-state index in [4.69, 9.17) is 22.1 Å². The van der Waals surface area contributed by atoms with E-state index in [2.05, 4.69) is 11.8 Å². The summed E-state index contributed by atoms with van der Waals surface area (Å²) >= 11 is 5.90. The number of hydrogen-bond donors (Lipinski definition) is 1. The molecule has 1 atom stereocenters. The molecule has 1 aliphatic rings. The SMILES string of the molecule is CCC1COCCN1Cc1ccc(Cl)cc1N. The molecule has 1 aromatic carbocycles. The molecule has 17 heavy (non-hydrogen) atoms. The van der Waals surface area contributed by atoms with E-state index in [1.165, 1.54) is 0 Å². The van der Waals surface area contributed by atoms with Gasteiger partial charge in [-0.3, -0.25) is 4.90 Å². The van der Waals surface area contributed by atoms with Crippen LogP contribution < -0.4 is 5.73 Å². The molecule has 1 unspecified atom stereocenters. The maximum absolute atomic E-state index is 5.98. The number of nitrogens with zero attached hydrogens (tertiary/aromatic N) is 1. The smallest absolute Gasteiger partial charge is 0.0622 e. The number of benzene rings is 1. The monoisotopic (exact) mass is 254 g/mol. The Morgan fingerprint density at radius 2 is 2.35 bits per heavy atom. The molecule has 94 valence electrons. The van der Waals surface area contributed by atoms with Gasteiger partial charge in [-0.1, -0.05) is 24.6 Å². The van der Waals surface area contributed by atoms with Crippen molar-refractivity contribution < 1.29 is 4.74 Å².